The van der Waals surface area contributed by atoms with E-state index >= 15 is 0 Å². The molecule has 7 nitrogen and oxygen atoms in total. The van der Waals surface area contributed by atoms with Crippen LogP contribution in [0.1, 0.15) is 53.2 Å². The highest BCUT2D eigenvalue weighted by molar-refractivity contribution is 6.00. The van der Waals surface area contributed by atoms with Gasteiger partial charge in [0.15, 0.2) is 5.78 Å². The van der Waals surface area contributed by atoms with E-state index in [4.69, 9.17) is 4.74 Å². The first kappa shape index (κ1) is 26.3. The van der Waals surface area contributed by atoms with Gasteiger partial charge in [0.2, 0.25) is 6.10 Å². The topological polar surface area (TPSA) is 102 Å². The lowest BCUT2D eigenvalue weighted by atomic mass is 10.0. The lowest BCUT2D eigenvalue weighted by Crippen LogP contribution is -2.46. The highest BCUT2D eigenvalue weighted by atomic mass is 19.1. The molecular formula is C28H27FN2O5. The van der Waals surface area contributed by atoms with Crippen molar-refractivity contribution >= 4 is 29.3 Å². The first-order valence-electron chi connectivity index (χ1n) is 11.4. The van der Waals surface area contributed by atoms with E-state index in [1.54, 1.807) is 62.4 Å². The second-order valence-electron chi connectivity index (χ2n) is 8.53. The number of esters is 1. The number of carbonyl (C=O) groups excluding carboxylic acids is 4. The predicted molar refractivity (Wildman–Crippen MR) is 133 cm³/mol. The number of carbonyl (C=O) groups is 4. The molecule has 0 saturated carbocycles. The number of hydrogen-bond acceptors (Lipinski definition) is 5. The second kappa shape index (κ2) is 11.9. The van der Waals surface area contributed by atoms with E-state index in [2.05, 4.69) is 10.6 Å². The van der Waals surface area contributed by atoms with E-state index in [-0.39, 0.29) is 11.3 Å². The molecule has 0 saturated heterocycles. The fraction of sp³-hybridized carbons (Fsp3) is 0.214. The lowest BCUT2D eigenvalue weighted by molar-refractivity contribution is -0.157. The number of Topliss-reactive ketones (excluding diaryl/α,β-unsaturated/α-hetero) is 1. The van der Waals surface area contributed by atoms with E-state index in [0.717, 1.165) is 6.07 Å². The first-order valence-corrected chi connectivity index (χ1v) is 11.4. The van der Waals surface area contributed by atoms with Crippen molar-refractivity contribution in [1.29, 1.82) is 0 Å². The summed E-state index contributed by atoms with van der Waals surface area (Å²) < 4.78 is 19.7. The molecule has 0 aliphatic heterocycles. The van der Waals surface area contributed by atoms with E-state index in [1.165, 1.54) is 31.2 Å². The number of anilines is 1. The highest BCUT2D eigenvalue weighted by Gasteiger charge is 2.32. The lowest BCUT2D eigenvalue weighted by Gasteiger charge is -2.24. The molecule has 3 rings (SSSR count). The number of halogens is 1. The minimum atomic E-state index is -1.34. The summed E-state index contributed by atoms with van der Waals surface area (Å²) in [6.07, 6.45) is -1.34. The van der Waals surface area contributed by atoms with E-state index < -0.39 is 41.7 Å². The standard InChI is InChI=1S/C28H27FN2O5/c1-17(2)24(31-26(33)22-14-7-8-15-23(22)29)28(35)36-25(19-10-5-4-6-11-19)27(34)30-21-13-9-12-20(16-21)18(3)32/h4-17,24-25H,1-3H3,(H,30,34)(H,31,33)/t24-,25?/m0/s1. The number of ether oxygens (including phenoxy) is 1. The number of nitrogens with one attached hydrogen (secondary N) is 2. The van der Waals surface area contributed by atoms with Crippen molar-refractivity contribution in [3.8, 4) is 0 Å². The number of rotatable bonds is 9. The Labute approximate surface area is 208 Å². The fourth-order valence-electron chi connectivity index (χ4n) is 3.48. The minimum Gasteiger partial charge on any atom is -0.446 e. The Morgan fingerprint density at radius 1 is 0.861 bits per heavy atom. The molecule has 0 aliphatic rings. The van der Waals surface area contributed by atoms with Crippen LogP contribution in [0.15, 0.2) is 78.9 Å². The van der Waals surface area contributed by atoms with Crippen molar-refractivity contribution in [2.24, 2.45) is 5.92 Å². The Hall–Kier alpha value is -4.33. The SMILES string of the molecule is CC(=O)c1cccc(NC(=O)C(OC(=O)[C@@H](NC(=O)c2ccccc2F)C(C)C)c2ccccc2)c1. The van der Waals surface area contributed by atoms with Crippen LogP contribution in [0, 0.1) is 11.7 Å². The molecule has 0 aromatic heterocycles. The molecule has 2 amide bonds. The molecule has 0 spiro atoms. The fourth-order valence-corrected chi connectivity index (χ4v) is 3.48. The van der Waals surface area contributed by atoms with Crippen LogP contribution in [-0.4, -0.2) is 29.6 Å². The third-order valence-electron chi connectivity index (χ3n) is 5.44. The summed E-state index contributed by atoms with van der Waals surface area (Å²) in [5.74, 6) is -3.57. The highest BCUT2D eigenvalue weighted by Crippen LogP contribution is 2.22. The molecule has 36 heavy (non-hydrogen) atoms. The Kier molecular flexibility index (Phi) is 8.67. The third kappa shape index (κ3) is 6.63. The summed E-state index contributed by atoms with van der Waals surface area (Å²) in [7, 11) is 0. The Balaban J connectivity index is 1.83. The van der Waals surface area contributed by atoms with Gasteiger partial charge < -0.3 is 15.4 Å². The van der Waals surface area contributed by atoms with Gasteiger partial charge >= 0.3 is 5.97 Å². The van der Waals surface area contributed by atoms with Crippen LogP contribution in [0.5, 0.6) is 0 Å². The van der Waals surface area contributed by atoms with Crippen LogP contribution in [0.3, 0.4) is 0 Å². The molecule has 3 aromatic rings. The smallest absolute Gasteiger partial charge is 0.330 e. The van der Waals surface area contributed by atoms with Crippen molar-refractivity contribution in [1.82, 2.24) is 5.32 Å². The van der Waals surface area contributed by atoms with Crippen LogP contribution in [0.25, 0.3) is 0 Å². The predicted octanol–water partition coefficient (Wildman–Crippen LogP) is 4.71. The Morgan fingerprint density at radius 2 is 1.53 bits per heavy atom. The van der Waals surface area contributed by atoms with Gasteiger partial charge in [-0.15, -0.1) is 0 Å². The van der Waals surface area contributed by atoms with E-state index in [9.17, 15) is 23.6 Å². The summed E-state index contributed by atoms with van der Waals surface area (Å²) in [6.45, 7) is 4.80. The molecule has 186 valence electrons. The monoisotopic (exact) mass is 490 g/mol. The summed E-state index contributed by atoms with van der Waals surface area (Å²) in [6, 6.07) is 19.1. The van der Waals surface area contributed by atoms with E-state index in [0.29, 0.717) is 16.8 Å². The largest absolute Gasteiger partial charge is 0.446 e. The van der Waals surface area contributed by atoms with Crippen LogP contribution in [-0.2, 0) is 14.3 Å². The van der Waals surface area contributed by atoms with Gasteiger partial charge in [0.1, 0.15) is 11.9 Å². The number of ketones is 1. The van der Waals surface area contributed by atoms with Crippen LogP contribution in [0.4, 0.5) is 10.1 Å². The zero-order chi connectivity index (χ0) is 26.2. The van der Waals surface area contributed by atoms with Crippen molar-refractivity contribution < 1.29 is 28.3 Å². The molecule has 2 N–H and O–H groups in total. The van der Waals surface area contributed by atoms with Gasteiger partial charge in [-0.2, -0.15) is 0 Å². The Bertz CT molecular complexity index is 1260. The van der Waals surface area contributed by atoms with Crippen molar-refractivity contribution in [2.75, 3.05) is 5.32 Å². The molecule has 3 aromatic carbocycles. The van der Waals surface area contributed by atoms with Crippen molar-refractivity contribution in [3.63, 3.8) is 0 Å². The summed E-state index contributed by atoms with van der Waals surface area (Å²) in [4.78, 5) is 50.7. The summed E-state index contributed by atoms with van der Waals surface area (Å²) in [5, 5.41) is 5.19. The van der Waals surface area contributed by atoms with Crippen LogP contribution in [0.2, 0.25) is 0 Å². The molecule has 2 atom stereocenters. The maximum Gasteiger partial charge on any atom is 0.330 e. The van der Waals surface area contributed by atoms with Gasteiger partial charge in [0, 0.05) is 16.8 Å². The maximum absolute atomic E-state index is 14.1. The maximum atomic E-state index is 14.1. The average Bonchev–Trinajstić information content (AvgIpc) is 2.86. The van der Waals surface area contributed by atoms with Gasteiger partial charge in [-0.05, 0) is 37.1 Å². The van der Waals surface area contributed by atoms with Crippen LogP contribution < -0.4 is 10.6 Å². The van der Waals surface area contributed by atoms with Gasteiger partial charge in [0.25, 0.3) is 11.8 Å². The number of hydrogen-bond donors (Lipinski definition) is 2. The number of benzene rings is 3. The van der Waals surface area contributed by atoms with Crippen LogP contribution >= 0.6 is 0 Å². The number of amides is 2. The molecule has 1 unspecified atom stereocenters. The first-order chi connectivity index (χ1) is 17.2. The van der Waals surface area contributed by atoms with Gasteiger partial charge in [-0.1, -0.05) is 68.4 Å². The van der Waals surface area contributed by atoms with Crippen molar-refractivity contribution in [2.45, 2.75) is 32.9 Å². The third-order valence-corrected chi connectivity index (χ3v) is 5.44. The zero-order valence-electron chi connectivity index (χ0n) is 20.2. The summed E-state index contributed by atoms with van der Waals surface area (Å²) >= 11 is 0. The van der Waals surface area contributed by atoms with Gasteiger partial charge in [-0.25, -0.2) is 9.18 Å². The molecule has 0 bridgehead atoms. The molecular weight excluding hydrogens is 463 g/mol. The minimum absolute atomic E-state index is 0.164. The molecule has 8 heteroatoms. The Morgan fingerprint density at radius 3 is 2.17 bits per heavy atom. The quantitative estimate of drug-likeness (QED) is 0.334. The summed E-state index contributed by atoms with van der Waals surface area (Å²) in [5.41, 5.74) is 0.974. The molecule has 0 aliphatic carbocycles. The van der Waals surface area contributed by atoms with Crippen molar-refractivity contribution in [3.05, 3.63) is 101 Å². The average molecular weight is 491 g/mol. The van der Waals surface area contributed by atoms with E-state index in [1.807, 2.05) is 0 Å². The normalized spacial score (nSPS) is 12.4. The molecule has 0 heterocycles. The zero-order valence-corrected chi connectivity index (χ0v) is 20.2. The van der Waals surface area contributed by atoms with Gasteiger partial charge in [-0.3, -0.25) is 14.4 Å². The molecule has 0 radical (unpaired) electrons. The van der Waals surface area contributed by atoms with Gasteiger partial charge in [0.05, 0.1) is 5.56 Å². The second-order valence-corrected chi connectivity index (χ2v) is 8.53. The molecule has 0 fully saturated rings.